The number of hydrogen-bond donors (Lipinski definition) is 2. The lowest BCUT2D eigenvalue weighted by molar-refractivity contribution is 0.423. The third-order valence-corrected chi connectivity index (χ3v) is 4.79. The molecule has 1 aliphatic rings. The van der Waals surface area contributed by atoms with Gasteiger partial charge in [-0.25, -0.2) is 13.1 Å². The fourth-order valence-electron chi connectivity index (χ4n) is 2.33. The molecule has 2 heterocycles. The largest absolute Gasteiger partial charge is 0.316 e. The quantitative estimate of drug-likeness (QED) is 0.862. The van der Waals surface area contributed by atoms with Gasteiger partial charge >= 0.3 is 0 Å². The molecule has 106 valence electrons. The lowest BCUT2D eigenvalue weighted by Gasteiger charge is -2.23. The van der Waals surface area contributed by atoms with Crippen molar-refractivity contribution in [3.63, 3.8) is 0 Å². The molecule has 1 saturated heterocycles. The van der Waals surface area contributed by atoms with Gasteiger partial charge in [0.2, 0.25) is 10.0 Å². The Morgan fingerprint density at radius 1 is 1.53 bits per heavy atom. The monoisotopic (exact) mass is 347 g/mol. The van der Waals surface area contributed by atoms with E-state index in [0.29, 0.717) is 0 Å². The molecule has 1 fully saturated rings. The highest BCUT2D eigenvalue weighted by Crippen LogP contribution is 2.27. The van der Waals surface area contributed by atoms with E-state index in [4.69, 9.17) is 0 Å². The molecule has 0 amide bonds. The Hall–Kier alpha value is -0.500. The zero-order chi connectivity index (χ0) is 14.0. The van der Waals surface area contributed by atoms with Gasteiger partial charge in [-0.3, -0.25) is 4.98 Å². The van der Waals surface area contributed by atoms with Crippen LogP contribution in [0, 0.1) is 12.8 Å². The molecule has 1 aromatic heterocycles. The SMILES string of the molecule is Cc1nc(C(NS(C)(=O)=O)C2CCNC2)ccc1Br. The summed E-state index contributed by atoms with van der Waals surface area (Å²) in [5, 5.41) is 3.26. The molecule has 2 unspecified atom stereocenters. The summed E-state index contributed by atoms with van der Waals surface area (Å²) in [4.78, 5) is 4.50. The highest BCUT2D eigenvalue weighted by atomic mass is 79.9. The van der Waals surface area contributed by atoms with E-state index in [0.717, 1.165) is 35.4 Å². The minimum absolute atomic E-state index is 0.239. The first-order valence-electron chi connectivity index (χ1n) is 6.18. The summed E-state index contributed by atoms with van der Waals surface area (Å²) in [6.45, 7) is 3.63. The van der Waals surface area contributed by atoms with Crippen LogP contribution in [-0.2, 0) is 10.0 Å². The van der Waals surface area contributed by atoms with E-state index in [9.17, 15) is 8.42 Å². The summed E-state index contributed by atoms with van der Waals surface area (Å²) < 4.78 is 26.8. The summed E-state index contributed by atoms with van der Waals surface area (Å²) in [6, 6.07) is 3.52. The summed E-state index contributed by atoms with van der Waals surface area (Å²) in [6.07, 6.45) is 2.14. The molecule has 0 aliphatic carbocycles. The predicted molar refractivity (Wildman–Crippen MR) is 78.4 cm³/mol. The molecule has 19 heavy (non-hydrogen) atoms. The second-order valence-corrected chi connectivity index (χ2v) is 7.56. The standard InChI is InChI=1S/C12H18BrN3O2S/c1-8-10(13)3-4-11(15-8)12(16-19(2,17)18)9-5-6-14-7-9/h3-4,9,12,14,16H,5-7H2,1-2H3. The molecule has 0 spiro atoms. The van der Waals surface area contributed by atoms with Crippen LogP contribution >= 0.6 is 15.9 Å². The van der Waals surface area contributed by atoms with Crippen molar-refractivity contribution in [2.75, 3.05) is 19.3 Å². The highest BCUT2D eigenvalue weighted by Gasteiger charge is 2.29. The van der Waals surface area contributed by atoms with Crippen LogP contribution in [0.2, 0.25) is 0 Å². The average Bonchev–Trinajstić information content (AvgIpc) is 2.82. The first-order chi connectivity index (χ1) is 8.87. The molecular formula is C12H18BrN3O2S. The van der Waals surface area contributed by atoms with Crippen molar-refractivity contribution in [3.8, 4) is 0 Å². The van der Waals surface area contributed by atoms with Crippen molar-refractivity contribution in [1.82, 2.24) is 15.0 Å². The van der Waals surface area contributed by atoms with E-state index in [1.165, 1.54) is 6.26 Å². The van der Waals surface area contributed by atoms with Gasteiger partial charge in [-0.2, -0.15) is 0 Å². The van der Waals surface area contributed by atoms with E-state index < -0.39 is 10.0 Å². The Labute approximate surface area is 122 Å². The molecule has 2 atom stereocenters. The Morgan fingerprint density at radius 3 is 2.79 bits per heavy atom. The van der Waals surface area contributed by atoms with Crippen LogP contribution in [0.25, 0.3) is 0 Å². The second kappa shape index (κ2) is 5.87. The van der Waals surface area contributed by atoms with E-state index >= 15 is 0 Å². The Kier molecular flexibility index (Phi) is 4.60. The number of rotatable bonds is 4. The van der Waals surface area contributed by atoms with Crippen molar-refractivity contribution in [2.24, 2.45) is 5.92 Å². The van der Waals surface area contributed by atoms with E-state index in [1.807, 2.05) is 19.1 Å². The summed E-state index contributed by atoms with van der Waals surface area (Å²) in [5.41, 5.74) is 1.64. The summed E-state index contributed by atoms with van der Waals surface area (Å²) >= 11 is 3.41. The van der Waals surface area contributed by atoms with Gasteiger partial charge in [-0.15, -0.1) is 0 Å². The van der Waals surface area contributed by atoms with Crippen LogP contribution in [-0.4, -0.2) is 32.7 Å². The van der Waals surface area contributed by atoms with Crippen molar-refractivity contribution in [1.29, 1.82) is 0 Å². The average molecular weight is 348 g/mol. The zero-order valence-corrected chi connectivity index (χ0v) is 13.4. The fourth-order valence-corrected chi connectivity index (χ4v) is 3.32. The summed E-state index contributed by atoms with van der Waals surface area (Å²) in [5.74, 6) is 0.239. The van der Waals surface area contributed by atoms with Gasteiger partial charge in [-0.1, -0.05) is 0 Å². The second-order valence-electron chi connectivity index (χ2n) is 4.92. The van der Waals surface area contributed by atoms with Crippen LogP contribution in [0.15, 0.2) is 16.6 Å². The maximum absolute atomic E-state index is 11.6. The van der Waals surface area contributed by atoms with E-state index in [1.54, 1.807) is 0 Å². The lowest BCUT2D eigenvalue weighted by Crippen LogP contribution is -2.34. The molecule has 2 N–H and O–H groups in total. The smallest absolute Gasteiger partial charge is 0.209 e. The van der Waals surface area contributed by atoms with E-state index in [-0.39, 0.29) is 12.0 Å². The van der Waals surface area contributed by atoms with Gasteiger partial charge < -0.3 is 5.32 Å². The van der Waals surface area contributed by atoms with Crippen molar-refractivity contribution >= 4 is 26.0 Å². The van der Waals surface area contributed by atoms with Gasteiger partial charge in [0, 0.05) is 4.47 Å². The van der Waals surface area contributed by atoms with Crippen molar-refractivity contribution in [2.45, 2.75) is 19.4 Å². The topological polar surface area (TPSA) is 71.1 Å². The fraction of sp³-hybridized carbons (Fsp3) is 0.583. The van der Waals surface area contributed by atoms with Gasteiger partial charge in [0.05, 0.1) is 23.7 Å². The molecule has 0 bridgehead atoms. The van der Waals surface area contributed by atoms with Gasteiger partial charge in [0.15, 0.2) is 0 Å². The number of nitrogens with zero attached hydrogens (tertiary/aromatic N) is 1. The third-order valence-electron chi connectivity index (χ3n) is 3.27. The lowest BCUT2D eigenvalue weighted by atomic mass is 9.96. The number of aromatic nitrogens is 1. The van der Waals surface area contributed by atoms with Gasteiger partial charge in [0.1, 0.15) is 0 Å². The van der Waals surface area contributed by atoms with E-state index in [2.05, 4.69) is 31.0 Å². The van der Waals surface area contributed by atoms with Crippen LogP contribution in [0.4, 0.5) is 0 Å². The van der Waals surface area contributed by atoms with Gasteiger partial charge in [0.25, 0.3) is 0 Å². The highest BCUT2D eigenvalue weighted by molar-refractivity contribution is 9.10. The maximum Gasteiger partial charge on any atom is 0.209 e. The molecule has 5 nitrogen and oxygen atoms in total. The van der Waals surface area contributed by atoms with Gasteiger partial charge in [-0.05, 0) is 60.4 Å². The van der Waals surface area contributed by atoms with Crippen LogP contribution < -0.4 is 10.0 Å². The zero-order valence-electron chi connectivity index (χ0n) is 11.0. The third kappa shape index (κ3) is 3.98. The van der Waals surface area contributed by atoms with Crippen molar-refractivity contribution in [3.05, 3.63) is 28.0 Å². The number of pyridine rings is 1. The molecule has 1 aromatic rings. The number of nitrogens with one attached hydrogen (secondary N) is 2. The first kappa shape index (κ1) is 14.9. The van der Waals surface area contributed by atoms with Crippen molar-refractivity contribution < 1.29 is 8.42 Å². The number of sulfonamides is 1. The number of hydrogen-bond acceptors (Lipinski definition) is 4. The predicted octanol–water partition coefficient (Wildman–Crippen LogP) is 1.35. The Morgan fingerprint density at radius 2 is 2.26 bits per heavy atom. The maximum atomic E-state index is 11.6. The van der Waals surface area contributed by atoms with Crippen LogP contribution in [0.1, 0.15) is 23.9 Å². The molecule has 7 heteroatoms. The molecular weight excluding hydrogens is 330 g/mol. The Balaban J connectivity index is 2.32. The molecule has 0 aromatic carbocycles. The van der Waals surface area contributed by atoms with Crippen LogP contribution in [0.3, 0.4) is 0 Å². The molecule has 1 aliphatic heterocycles. The number of halogens is 1. The first-order valence-corrected chi connectivity index (χ1v) is 8.86. The Bertz CT molecular complexity index is 556. The summed E-state index contributed by atoms with van der Waals surface area (Å²) in [7, 11) is -3.26. The number of aryl methyl sites for hydroxylation is 1. The minimum Gasteiger partial charge on any atom is -0.316 e. The minimum atomic E-state index is -3.26. The molecule has 0 radical (unpaired) electrons. The molecule has 2 rings (SSSR count). The normalized spacial score (nSPS) is 21.5. The molecule has 0 saturated carbocycles. The van der Waals surface area contributed by atoms with Crippen LogP contribution in [0.5, 0.6) is 0 Å².